The van der Waals surface area contributed by atoms with Crippen LogP contribution in [0.1, 0.15) is 120 Å². The van der Waals surface area contributed by atoms with E-state index >= 15 is 0 Å². The van der Waals surface area contributed by atoms with Gasteiger partial charge in [0, 0.05) is 62.6 Å². The molecule has 0 aromatic heterocycles. The normalized spacial score (nSPS) is 12.9. The minimum Gasteiger partial charge on any atom is -0.311 e. The first-order valence-corrected chi connectivity index (χ1v) is 27.6. The SMILES string of the molecule is CCCCCCc1ccc(N2c3cccc4c3B3c5c2cc(C)cc5N(c2ccc(CCCCCC)cc2)c2cc(N(c5ccccc5)c5ccccc5)cc(c23)N4c2ccc(CCCCCC)cc2)cc1. The molecule has 0 fully saturated rings. The minimum atomic E-state index is 0.0139. The number of unbranched alkanes of at least 4 members (excludes halogenated alkanes) is 9. The van der Waals surface area contributed by atoms with Crippen LogP contribution in [0.3, 0.4) is 0 Å². The molecule has 3 aliphatic heterocycles. The molecule has 0 atom stereocenters. The van der Waals surface area contributed by atoms with E-state index in [4.69, 9.17) is 0 Å². The smallest absolute Gasteiger partial charge is 0.257 e. The van der Waals surface area contributed by atoms with Gasteiger partial charge in [-0.25, -0.2) is 0 Å². The van der Waals surface area contributed by atoms with Crippen LogP contribution in [0.5, 0.6) is 0 Å². The molecule has 0 amide bonds. The maximum Gasteiger partial charge on any atom is 0.257 e. The van der Waals surface area contributed by atoms with E-state index in [9.17, 15) is 0 Å². The Morgan fingerprint density at radius 2 is 0.681 bits per heavy atom. The largest absolute Gasteiger partial charge is 0.311 e. The highest BCUT2D eigenvalue weighted by Crippen LogP contribution is 2.52. The first-order valence-electron chi connectivity index (χ1n) is 27.6. The lowest BCUT2D eigenvalue weighted by Gasteiger charge is -2.49. The fourth-order valence-electron chi connectivity index (χ4n) is 12.0. The molecule has 8 aromatic rings. The summed E-state index contributed by atoms with van der Waals surface area (Å²) < 4.78 is 0. The molecular formula is C67H71BN4. The minimum absolute atomic E-state index is 0.0139. The number of nitrogens with zero attached hydrogens (tertiary/aromatic N) is 4. The van der Waals surface area contributed by atoms with E-state index < -0.39 is 0 Å². The molecule has 11 rings (SSSR count). The third-order valence-electron chi connectivity index (χ3n) is 15.6. The maximum absolute atomic E-state index is 2.62. The third kappa shape index (κ3) is 9.12. The second-order valence-electron chi connectivity index (χ2n) is 20.7. The van der Waals surface area contributed by atoms with E-state index in [1.54, 1.807) is 0 Å². The van der Waals surface area contributed by atoms with Crippen molar-refractivity contribution in [3.8, 4) is 0 Å². The number of benzene rings is 8. The first kappa shape index (κ1) is 47.4. The number of aryl methyl sites for hydroxylation is 4. The highest BCUT2D eigenvalue weighted by molar-refractivity contribution is 7.02. The van der Waals surface area contributed by atoms with Crippen LogP contribution in [0, 0.1) is 6.92 Å². The van der Waals surface area contributed by atoms with Gasteiger partial charge in [0.1, 0.15) is 0 Å². The van der Waals surface area contributed by atoms with Crippen LogP contribution in [0.4, 0.5) is 68.2 Å². The Labute approximate surface area is 431 Å². The Bertz CT molecular complexity index is 3070. The van der Waals surface area contributed by atoms with Crippen molar-refractivity contribution in [3.05, 3.63) is 198 Å². The van der Waals surface area contributed by atoms with Crippen LogP contribution in [0.25, 0.3) is 0 Å². The Morgan fingerprint density at radius 1 is 0.333 bits per heavy atom. The monoisotopic (exact) mass is 943 g/mol. The van der Waals surface area contributed by atoms with Gasteiger partial charge in [0.25, 0.3) is 6.71 Å². The van der Waals surface area contributed by atoms with Crippen molar-refractivity contribution < 1.29 is 0 Å². The summed E-state index contributed by atoms with van der Waals surface area (Å²) in [6.07, 6.45) is 18.5. The zero-order chi connectivity index (χ0) is 49.0. The number of para-hydroxylation sites is 2. The summed E-state index contributed by atoms with van der Waals surface area (Å²) >= 11 is 0. The van der Waals surface area contributed by atoms with Gasteiger partial charge in [-0.05, 0) is 181 Å². The average molecular weight is 943 g/mol. The Balaban J connectivity index is 1.16. The number of hydrogen-bond donors (Lipinski definition) is 0. The Hall–Kier alpha value is -6.98. The van der Waals surface area contributed by atoms with E-state index in [1.807, 2.05) is 0 Å². The van der Waals surface area contributed by atoms with Gasteiger partial charge in [-0.2, -0.15) is 0 Å². The molecule has 72 heavy (non-hydrogen) atoms. The molecule has 0 spiro atoms. The highest BCUT2D eigenvalue weighted by Gasteiger charge is 2.49. The summed E-state index contributed by atoms with van der Waals surface area (Å²) in [7, 11) is 0. The predicted molar refractivity (Wildman–Crippen MR) is 312 cm³/mol. The molecule has 3 heterocycles. The van der Waals surface area contributed by atoms with Crippen molar-refractivity contribution in [1.82, 2.24) is 0 Å². The van der Waals surface area contributed by atoms with E-state index in [0.29, 0.717) is 0 Å². The van der Waals surface area contributed by atoms with Gasteiger partial charge in [0.15, 0.2) is 0 Å². The molecule has 0 radical (unpaired) electrons. The van der Waals surface area contributed by atoms with Crippen molar-refractivity contribution in [1.29, 1.82) is 0 Å². The van der Waals surface area contributed by atoms with Gasteiger partial charge < -0.3 is 19.6 Å². The molecule has 3 aliphatic rings. The van der Waals surface area contributed by atoms with Crippen LogP contribution in [-0.4, -0.2) is 6.71 Å². The van der Waals surface area contributed by atoms with Gasteiger partial charge in [-0.3, -0.25) is 0 Å². The van der Waals surface area contributed by atoms with Crippen molar-refractivity contribution in [2.75, 3.05) is 19.6 Å². The van der Waals surface area contributed by atoms with Crippen LogP contribution in [0.2, 0.25) is 0 Å². The van der Waals surface area contributed by atoms with Gasteiger partial charge in [-0.1, -0.05) is 157 Å². The number of rotatable bonds is 21. The summed E-state index contributed by atoms with van der Waals surface area (Å²) in [5, 5.41) is 0. The summed E-state index contributed by atoms with van der Waals surface area (Å²) in [5.74, 6) is 0. The molecule has 8 aromatic carbocycles. The first-order chi connectivity index (χ1) is 35.5. The van der Waals surface area contributed by atoms with E-state index in [-0.39, 0.29) is 6.71 Å². The second kappa shape index (κ2) is 21.4. The molecule has 0 unspecified atom stereocenters. The van der Waals surface area contributed by atoms with E-state index in [1.165, 1.54) is 167 Å². The molecule has 0 saturated heterocycles. The molecule has 0 aliphatic carbocycles. The standard InChI is InChI=1S/C67H71BN4/c1-5-8-11-16-24-50-33-39-55(40-34-50)70-59-31-23-32-60-65(59)68-66-61(70)45-49(4)46-62(66)72(57-43-37-52(38-44-57)26-18-13-10-7-3)64-48-58(69(53-27-19-14-20-28-53)54-29-21-15-22-30-54)47-63(67(64)68)71(60)56-41-35-51(36-42-56)25-17-12-9-6-2/h14-15,19-23,27-48H,5-13,16-18,24-26H2,1-4H3. The maximum atomic E-state index is 2.62. The number of anilines is 12. The second-order valence-corrected chi connectivity index (χ2v) is 20.7. The molecular weight excluding hydrogens is 872 g/mol. The van der Waals surface area contributed by atoms with Gasteiger partial charge in [-0.15, -0.1) is 0 Å². The fraction of sp³-hybridized carbons (Fsp3) is 0.284. The summed E-state index contributed by atoms with van der Waals surface area (Å²) in [4.78, 5) is 10.3. The van der Waals surface area contributed by atoms with E-state index in [2.05, 4.69) is 223 Å². The average Bonchev–Trinajstić information content (AvgIpc) is 3.41. The topological polar surface area (TPSA) is 13.0 Å². The van der Waals surface area contributed by atoms with Crippen molar-refractivity contribution in [3.63, 3.8) is 0 Å². The third-order valence-corrected chi connectivity index (χ3v) is 15.6. The zero-order valence-electron chi connectivity index (χ0n) is 43.2. The van der Waals surface area contributed by atoms with E-state index in [0.717, 1.165) is 36.3 Å². The Kier molecular flexibility index (Phi) is 14.1. The summed E-state index contributed by atoms with van der Waals surface area (Å²) in [5.41, 5.74) is 24.0. The molecule has 0 saturated carbocycles. The fourth-order valence-corrected chi connectivity index (χ4v) is 12.0. The zero-order valence-corrected chi connectivity index (χ0v) is 43.2. The van der Waals surface area contributed by atoms with Crippen molar-refractivity contribution in [2.45, 2.75) is 124 Å². The van der Waals surface area contributed by atoms with Gasteiger partial charge in [0.2, 0.25) is 0 Å². The Morgan fingerprint density at radius 3 is 1.06 bits per heavy atom. The van der Waals surface area contributed by atoms with Crippen LogP contribution in [0.15, 0.2) is 176 Å². The van der Waals surface area contributed by atoms with Crippen LogP contribution < -0.4 is 36.0 Å². The molecule has 0 N–H and O–H groups in total. The predicted octanol–water partition coefficient (Wildman–Crippen LogP) is 17.7. The van der Waals surface area contributed by atoms with Gasteiger partial charge in [0.05, 0.1) is 5.69 Å². The summed E-state index contributed by atoms with van der Waals surface area (Å²) in [6, 6.07) is 67.5. The molecule has 362 valence electrons. The quantitative estimate of drug-likeness (QED) is 0.0526. The molecule has 0 bridgehead atoms. The highest BCUT2D eigenvalue weighted by atomic mass is 15.2. The lowest BCUT2D eigenvalue weighted by Crippen LogP contribution is -2.65. The van der Waals surface area contributed by atoms with Crippen molar-refractivity contribution in [2.24, 2.45) is 0 Å². The van der Waals surface area contributed by atoms with Crippen LogP contribution in [-0.2, 0) is 19.3 Å². The lowest BCUT2D eigenvalue weighted by atomic mass is 9.31. The van der Waals surface area contributed by atoms with Crippen molar-refractivity contribution >= 4 is 91.3 Å². The molecule has 4 nitrogen and oxygen atoms in total. The summed E-state index contributed by atoms with van der Waals surface area (Å²) in [6.45, 7) is 9.19. The van der Waals surface area contributed by atoms with Crippen LogP contribution >= 0.6 is 0 Å². The van der Waals surface area contributed by atoms with Gasteiger partial charge >= 0.3 is 0 Å². The lowest BCUT2D eigenvalue weighted by molar-refractivity contribution is 0.667. The molecule has 5 heteroatoms. The number of hydrogen-bond acceptors (Lipinski definition) is 4.